The molecule has 1 unspecified atom stereocenters. The van der Waals surface area contributed by atoms with E-state index in [0.717, 1.165) is 82.6 Å². The summed E-state index contributed by atoms with van der Waals surface area (Å²) in [6.45, 7) is 3.08. The molecule has 0 fully saturated rings. The van der Waals surface area contributed by atoms with Crippen molar-refractivity contribution in [2.45, 2.75) is 24.9 Å². The molecule has 0 spiro atoms. The van der Waals surface area contributed by atoms with Crippen molar-refractivity contribution in [3.05, 3.63) is 53.7 Å². The summed E-state index contributed by atoms with van der Waals surface area (Å²) in [7, 11) is 0. The van der Waals surface area contributed by atoms with Gasteiger partial charge in [0.05, 0.1) is 31.3 Å². The number of hydrogen-bond donors (Lipinski definition) is 5. The Hall–Kier alpha value is -4.40. The first-order valence-corrected chi connectivity index (χ1v) is 12.8. The van der Waals surface area contributed by atoms with Gasteiger partial charge in [-0.3, -0.25) is 9.79 Å². The topological polar surface area (TPSA) is 162 Å². The van der Waals surface area contributed by atoms with Crippen molar-refractivity contribution < 1.29 is 37.7 Å². The van der Waals surface area contributed by atoms with Gasteiger partial charge in [-0.1, -0.05) is 6.07 Å². The number of hydrogen-bond acceptors (Lipinski definition) is 9. The van der Waals surface area contributed by atoms with Crippen molar-refractivity contribution >= 4 is 51.6 Å². The van der Waals surface area contributed by atoms with Crippen molar-refractivity contribution in [3.63, 3.8) is 0 Å². The van der Waals surface area contributed by atoms with Gasteiger partial charge in [-0.25, -0.2) is 4.79 Å². The number of guanidine groups is 1. The number of carboxylic acid groups (broad SMARTS) is 2. The molecular weight excluding hydrogens is 553 g/mol. The van der Waals surface area contributed by atoms with Crippen LogP contribution < -0.4 is 15.4 Å². The third-order valence-corrected chi connectivity index (χ3v) is 6.48. The molecule has 0 saturated heterocycles. The van der Waals surface area contributed by atoms with E-state index in [1.165, 1.54) is 0 Å². The number of ether oxygens (including phenoxy) is 1. The molecule has 11 nitrogen and oxygen atoms in total. The fourth-order valence-electron chi connectivity index (χ4n) is 4.09. The highest BCUT2D eigenvalue weighted by molar-refractivity contribution is 7.00. The molecule has 40 heavy (non-hydrogen) atoms. The smallest absolute Gasteiger partial charge is 0.490 e. The second kappa shape index (κ2) is 12.6. The normalized spacial score (nSPS) is 13.7. The Kier molecular flexibility index (Phi) is 9.04. The zero-order valence-corrected chi connectivity index (χ0v) is 21.7. The van der Waals surface area contributed by atoms with Crippen LogP contribution in [0, 0.1) is 0 Å². The molecule has 0 saturated carbocycles. The standard InChI is InChI=1S/C23H24N6O3S.C2HF3O2/c30-22(31)12-17(14-2-5-19-21(10-14)29-33-28-19)18-13-27-20-11-15(3-4-16(18)20)32-9-1-6-24-23-25-7-8-26-23;3-2(4,5)1(6)7/h2-5,10-11,13,17,27H,1,6-9,12H2,(H,30,31)(H2,24,25,26);(H,6,7). The van der Waals surface area contributed by atoms with E-state index in [9.17, 15) is 23.1 Å². The van der Waals surface area contributed by atoms with E-state index in [1.807, 2.05) is 42.6 Å². The highest BCUT2D eigenvalue weighted by Gasteiger charge is 2.38. The average molecular weight is 579 g/mol. The number of alkyl halides is 3. The molecule has 4 aromatic rings. The van der Waals surface area contributed by atoms with Crippen molar-refractivity contribution in [1.82, 2.24) is 24.4 Å². The molecule has 1 atom stereocenters. The number of carboxylic acids is 2. The number of aromatic nitrogens is 3. The predicted octanol–water partition coefficient (Wildman–Crippen LogP) is 3.73. The molecule has 1 aliphatic rings. The van der Waals surface area contributed by atoms with Crippen LogP contribution >= 0.6 is 11.7 Å². The summed E-state index contributed by atoms with van der Waals surface area (Å²) >= 11 is 1.16. The predicted molar refractivity (Wildman–Crippen MR) is 142 cm³/mol. The highest BCUT2D eigenvalue weighted by Crippen LogP contribution is 2.35. The second-order valence-corrected chi connectivity index (χ2v) is 9.23. The number of H-pyrrole nitrogens is 1. The maximum atomic E-state index is 11.7. The van der Waals surface area contributed by atoms with Gasteiger partial charge >= 0.3 is 18.1 Å². The summed E-state index contributed by atoms with van der Waals surface area (Å²) in [5.74, 6) is -2.27. The molecule has 0 radical (unpaired) electrons. The van der Waals surface area contributed by atoms with Crippen molar-refractivity contribution in [3.8, 4) is 5.75 Å². The fourth-order valence-corrected chi connectivity index (χ4v) is 4.61. The maximum absolute atomic E-state index is 11.7. The minimum Gasteiger partial charge on any atom is -0.493 e. The van der Waals surface area contributed by atoms with Gasteiger partial charge < -0.3 is 30.6 Å². The van der Waals surface area contributed by atoms with Crippen LogP contribution in [0.5, 0.6) is 5.75 Å². The third kappa shape index (κ3) is 7.37. The Balaban J connectivity index is 0.000000470. The van der Waals surface area contributed by atoms with E-state index in [4.69, 9.17) is 14.6 Å². The summed E-state index contributed by atoms with van der Waals surface area (Å²) in [5, 5.41) is 24.1. The van der Waals surface area contributed by atoms with E-state index in [0.29, 0.717) is 6.61 Å². The van der Waals surface area contributed by atoms with Gasteiger partial charge in [0.15, 0.2) is 5.96 Å². The molecule has 0 bridgehead atoms. The molecule has 2 aromatic carbocycles. The van der Waals surface area contributed by atoms with Crippen LogP contribution in [-0.2, 0) is 9.59 Å². The Morgan fingerprint density at radius 1 is 1.12 bits per heavy atom. The quantitative estimate of drug-likeness (QED) is 0.186. The largest absolute Gasteiger partial charge is 0.493 e. The molecule has 5 rings (SSSR count). The van der Waals surface area contributed by atoms with Gasteiger partial charge in [-0.05, 0) is 41.8 Å². The van der Waals surface area contributed by atoms with E-state index >= 15 is 0 Å². The lowest BCUT2D eigenvalue weighted by Gasteiger charge is -2.15. The number of benzene rings is 2. The lowest BCUT2D eigenvalue weighted by Crippen LogP contribution is -2.34. The number of aliphatic imine (C=N–C) groups is 1. The summed E-state index contributed by atoms with van der Waals surface area (Å²) in [6.07, 6.45) is -2.35. The monoisotopic (exact) mass is 578 g/mol. The number of nitrogens with zero attached hydrogens (tertiary/aromatic N) is 3. The van der Waals surface area contributed by atoms with Crippen LogP contribution in [0.2, 0.25) is 0 Å². The van der Waals surface area contributed by atoms with Gasteiger partial charge in [0.1, 0.15) is 16.8 Å². The summed E-state index contributed by atoms with van der Waals surface area (Å²) in [6, 6.07) is 11.6. The Bertz CT molecular complexity index is 1520. The Morgan fingerprint density at radius 3 is 2.60 bits per heavy atom. The average Bonchev–Trinajstić information content (AvgIpc) is 3.67. The zero-order chi connectivity index (χ0) is 28.7. The zero-order valence-electron chi connectivity index (χ0n) is 20.9. The first-order valence-electron chi connectivity index (χ1n) is 12.1. The van der Waals surface area contributed by atoms with E-state index < -0.39 is 18.1 Å². The lowest BCUT2D eigenvalue weighted by molar-refractivity contribution is -0.192. The Labute approximate surface area is 229 Å². The van der Waals surface area contributed by atoms with Crippen molar-refractivity contribution in [1.29, 1.82) is 0 Å². The second-order valence-electron chi connectivity index (χ2n) is 8.70. The number of aromatic amines is 1. The highest BCUT2D eigenvalue weighted by atomic mass is 32.1. The van der Waals surface area contributed by atoms with E-state index in [1.54, 1.807) is 0 Å². The minimum atomic E-state index is -5.08. The molecule has 3 heterocycles. The molecule has 0 amide bonds. The first kappa shape index (κ1) is 28.6. The van der Waals surface area contributed by atoms with Crippen LogP contribution in [0.3, 0.4) is 0 Å². The van der Waals surface area contributed by atoms with Crippen LogP contribution in [0.4, 0.5) is 13.2 Å². The van der Waals surface area contributed by atoms with Gasteiger partial charge in [0.25, 0.3) is 0 Å². The van der Waals surface area contributed by atoms with Gasteiger partial charge in [0, 0.05) is 42.2 Å². The maximum Gasteiger partial charge on any atom is 0.490 e. The van der Waals surface area contributed by atoms with Crippen LogP contribution in [0.15, 0.2) is 47.6 Å². The number of nitrogens with one attached hydrogen (secondary N) is 3. The third-order valence-electron chi connectivity index (χ3n) is 5.92. The van der Waals surface area contributed by atoms with Crippen LogP contribution in [0.1, 0.15) is 29.9 Å². The number of carbonyl (C=O) groups is 2. The van der Waals surface area contributed by atoms with Gasteiger partial charge in [-0.2, -0.15) is 21.9 Å². The number of aliphatic carboxylic acids is 2. The van der Waals surface area contributed by atoms with Crippen LogP contribution in [0.25, 0.3) is 21.9 Å². The van der Waals surface area contributed by atoms with Crippen molar-refractivity contribution in [2.24, 2.45) is 4.99 Å². The van der Waals surface area contributed by atoms with E-state index in [-0.39, 0.29) is 12.3 Å². The Morgan fingerprint density at radius 2 is 1.90 bits per heavy atom. The molecule has 212 valence electrons. The minimum absolute atomic E-state index is 0.0125. The molecule has 1 aliphatic heterocycles. The van der Waals surface area contributed by atoms with Crippen LogP contribution in [-0.4, -0.2) is 74.3 Å². The molecular formula is C25H25F3N6O5S. The number of fused-ring (bicyclic) bond motifs is 2. The molecule has 0 aliphatic carbocycles. The van der Waals surface area contributed by atoms with Gasteiger partial charge in [-0.15, -0.1) is 0 Å². The summed E-state index contributed by atoms with van der Waals surface area (Å²) < 4.78 is 46.2. The van der Waals surface area contributed by atoms with Gasteiger partial charge in [0.2, 0.25) is 0 Å². The molecule has 2 aromatic heterocycles. The molecule has 5 N–H and O–H groups in total. The van der Waals surface area contributed by atoms with Crippen molar-refractivity contribution in [2.75, 3.05) is 26.2 Å². The van der Waals surface area contributed by atoms with E-state index in [2.05, 4.69) is 29.4 Å². The number of rotatable bonds is 9. The molecule has 15 heteroatoms. The fraction of sp³-hybridized carbons (Fsp3) is 0.320. The summed E-state index contributed by atoms with van der Waals surface area (Å²) in [4.78, 5) is 28.1. The first-order chi connectivity index (χ1) is 19.1. The SMILES string of the molecule is O=C(O)C(F)(F)F.O=C(O)CC(c1ccc2nsnc2c1)c1c[nH]c2cc(OCCCNC3=NCCN3)ccc12. The number of halogens is 3. The summed E-state index contributed by atoms with van der Waals surface area (Å²) in [5.41, 5.74) is 4.37. The lowest BCUT2D eigenvalue weighted by atomic mass is 9.88.